The lowest BCUT2D eigenvalue weighted by Gasteiger charge is -2.21. The van der Waals surface area contributed by atoms with Gasteiger partial charge in [-0.25, -0.2) is 22.3 Å². The second-order valence-corrected chi connectivity index (χ2v) is 8.69. The number of rotatable bonds is 5. The summed E-state index contributed by atoms with van der Waals surface area (Å²) in [5.74, 6) is 0.464. The van der Waals surface area contributed by atoms with Crippen LogP contribution >= 0.6 is 23.5 Å². The van der Waals surface area contributed by atoms with Gasteiger partial charge in [-0.15, -0.1) is 0 Å². The fourth-order valence-corrected chi connectivity index (χ4v) is 5.60. The molecule has 1 heterocycles. The standard InChI is InChI=1S/C12H14FNO4S3/c13-11-2-1-9(5-10(11)12(15)16)21(17,18)14-6-8-7-19-3-4-20-8/h1-2,5,8,14H,3-4,6-7H2,(H,15,16). The van der Waals surface area contributed by atoms with Gasteiger partial charge in [-0.3, -0.25) is 0 Å². The molecule has 0 aliphatic carbocycles. The zero-order valence-corrected chi connectivity index (χ0v) is 13.4. The van der Waals surface area contributed by atoms with Gasteiger partial charge in [0.1, 0.15) is 5.82 Å². The highest BCUT2D eigenvalue weighted by Crippen LogP contribution is 2.24. The van der Waals surface area contributed by atoms with Crippen LogP contribution in [0.5, 0.6) is 0 Å². The molecule has 1 aromatic rings. The van der Waals surface area contributed by atoms with Gasteiger partial charge in [0.2, 0.25) is 10.0 Å². The topological polar surface area (TPSA) is 83.5 Å². The normalized spacial score (nSPS) is 19.4. The first-order chi connectivity index (χ1) is 9.90. The van der Waals surface area contributed by atoms with E-state index in [4.69, 9.17) is 5.11 Å². The minimum absolute atomic E-state index is 0.193. The van der Waals surface area contributed by atoms with E-state index in [1.807, 2.05) is 0 Å². The monoisotopic (exact) mass is 351 g/mol. The molecular formula is C12H14FNO4S3. The number of halogens is 1. The summed E-state index contributed by atoms with van der Waals surface area (Å²) in [4.78, 5) is 10.6. The number of carbonyl (C=O) groups is 1. The Balaban J connectivity index is 2.11. The lowest BCUT2D eigenvalue weighted by molar-refractivity contribution is 0.0691. The molecule has 116 valence electrons. The summed E-state index contributed by atoms with van der Waals surface area (Å²) >= 11 is 3.48. The number of benzene rings is 1. The number of hydrogen-bond donors (Lipinski definition) is 2. The third-order valence-electron chi connectivity index (χ3n) is 2.86. The molecule has 2 rings (SSSR count). The van der Waals surface area contributed by atoms with Crippen LogP contribution in [0, 0.1) is 5.82 Å². The first-order valence-corrected chi connectivity index (χ1v) is 9.80. The summed E-state index contributed by atoms with van der Waals surface area (Å²) in [6.45, 7) is 0.278. The molecule has 9 heteroatoms. The van der Waals surface area contributed by atoms with Crippen molar-refractivity contribution in [2.75, 3.05) is 23.8 Å². The van der Waals surface area contributed by atoms with Gasteiger partial charge in [0.25, 0.3) is 0 Å². The fraction of sp³-hybridized carbons (Fsp3) is 0.417. The minimum atomic E-state index is -3.84. The molecule has 1 unspecified atom stereocenters. The number of hydrogen-bond acceptors (Lipinski definition) is 5. The van der Waals surface area contributed by atoms with Gasteiger partial charge in [0.05, 0.1) is 10.5 Å². The van der Waals surface area contributed by atoms with E-state index in [0.29, 0.717) is 0 Å². The second-order valence-electron chi connectivity index (χ2n) is 4.37. The first kappa shape index (κ1) is 16.6. The van der Waals surface area contributed by atoms with Crippen molar-refractivity contribution in [2.45, 2.75) is 10.1 Å². The molecule has 5 nitrogen and oxygen atoms in total. The highest BCUT2D eigenvalue weighted by atomic mass is 32.2. The van der Waals surface area contributed by atoms with Crippen LogP contribution in [-0.2, 0) is 10.0 Å². The summed E-state index contributed by atoms with van der Waals surface area (Å²) in [5.41, 5.74) is -0.652. The van der Waals surface area contributed by atoms with Gasteiger partial charge >= 0.3 is 5.97 Å². The van der Waals surface area contributed by atoms with Gasteiger partial charge in [-0.05, 0) is 18.2 Å². The first-order valence-electron chi connectivity index (χ1n) is 6.12. The molecule has 1 saturated heterocycles. The molecule has 1 aromatic carbocycles. The van der Waals surface area contributed by atoms with Gasteiger partial charge in [0.15, 0.2) is 0 Å². The van der Waals surface area contributed by atoms with E-state index in [0.717, 1.165) is 35.5 Å². The van der Waals surface area contributed by atoms with Crippen LogP contribution in [-0.4, -0.2) is 48.5 Å². The Morgan fingerprint density at radius 1 is 1.43 bits per heavy atom. The van der Waals surface area contributed by atoms with Gasteiger partial charge in [0, 0.05) is 29.1 Å². The largest absolute Gasteiger partial charge is 0.478 e. The Morgan fingerprint density at radius 3 is 2.81 bits per heavy atom. The summed E-state index contributed by atoms with van der Waals surface area (Å²) in [6, 6.07) is 2.75. The van der Waals surface area contributed by atoms with Crippen LogP contribution in [0.2, 0.25) is 0 Å². The summed E-state index contributed by atoms with van der Waals surface area (Å²) in [6.07, 6.45) is 0. The second kappa shape index (κ2) is 6.99. The summed E-state index contributed by atoms with van der Waals surface area (Å²) < 4.78 is 40.0. The summed E-state index contributed by atoms with van der Waals surface area (Å²) in [7, 11) is -3.84. The number of carboxylic acids is 1. The van der Waals surface area contributed by atoms with E-state index in [1.54, 1.807) is 23.5 Å². The van der Waals surface area contributed by atoms with Crippen LogP contribution in [0.3, 0.4) is 0 Å². The maximum absolute atomic E-state index is 13.3. The van der Waals surface area contributed by atoms with Crippen molar-refractivity contribution < 1.29 is 22.7 Å². The molecule has 21 heavy (non-hydrogen) atoms. The van der Waals surface area contributed by atoms with Crippen molar-refractivity contribution in [2.24, 2.45) is 0 Å². The van der Waals surface area contributed by atoms with Crippen molar-refractivity contribution >= 4 is 39.5 Å². The number of sulfonamides is 1. The van der Waals surface area contributed by atoms with E-state index in [-0.39, 0.29) is 16.7 Å². The van der Waals surface area contributed by atoms with Crippen molar-refractivity contribution in [1.82, 2.24) is 4.72 Å². The van der Waals surface area contributed by atoms with Crippen molar-refractivity contribution in [3.63, 3.8) is 0 Å². The third kappa shape index (κ3) is 4.35. The Bertz CT molecular complexity index is 629. The van der Waals surface area contributed by atoms with Crippen molar-refractivity contribution in [3.05, 3.63) is 29.6 Å². The van der Waals surface area contributed by atoms with Crippen molar-refractivity contribution in [1.29, 1.82) is 0 Å². The molecule has 0 bridgehead atoms. The van der Waals surface area contributed by atoms with Gasteiger partial charge in [-0.1, -0.05) is 0 Å². The fourth-order valence-electron chi connectivity index (χ4n) is 1.78. The van der Waals surface area contributed by atoms with Crippen LogP contribution in [0.25, 0.3) is 0 Å². The number of carboxylic acid groups (broad SMARTS) is 1. The maximum Gasteiger partial charge on any atom is 0.338 e. The number of nitrogens with one attached hydrogen (secondary N) is 1. The van der Waals surface area contributed by atoms with Gasteiger partial charge in [-0.2, -0.15) is 23.5 Å². The third-order valence-corrected chi connectivity index (χ3v) is 7.13. The van der Waals surface area contributed by atoms with E-state index >= 15 is 0 Å². The molecule has 1 atom stereocenters. The molecular weight excluding hydrogens is 337 g/mol. The smallest absolute Gasteiger partial charge is 0.338 e. The molecule has 2 N–H and O–H groups in total. The van der Waals surface area contributed by atoms with Crippen molar-refractivity contribution in [3.8, 4) is 0 Å². The van der Waals surface area contributed by atoms with E-state index in [1.165, 1.54) is 0 Å². The highest BCUT2D eigenvalue weighted by Gasteiger charge is 2.21. The molecule has 0 amide bonds. The molecule has 0 spiro atoms. The molecule has 1 fully saturated rings. The summed E-state index contributed by atoms with van der Waals surface area (Å²) in [5, 5.41) is 9.02. The number of thioether (sulfide) groups is 2. The molecule has 0 aromatic heterocycles. The minimum Gasteiger partial charge on any atom is -0.478 e. The van der Waals surface area contributed by atoms with Crippen LogP contribution < -0.4 is 4.72 Å². The Kier molecular flexibility index (Phi) is 5.53. The molecule has 1 aliphatic rings. The lowest BCUT2D eigenvalue weighted by Crippen LogP contribution is -2.33. The average molecular weight is 351 g/mol. The molecule has 0 radical (unpaired) electrons. The maximum atomic E-state index is 13.3. The van der Waals surface area contributed by atoms with E-state index < -0.39 is 27.4 Å². The quantitative estimate of drug-likeness (QED) is 0.839. The Hall–Kier alpha value is -0.770. The zero-order valence-electron chi connectivity index (χ0n) is 10.9. The number of aromatic carboxylic acids is 1. The SMILES string of the molecule is O=C(O)c1cc(S(=O)(=O)NCC2CSCCS2)ccc1F. The predicted molar refractivity (Wildman–Crippen MR) is 82.1 cm³/mol. The Morgan fingerprint density at radius 2 is 2.19 bits per heavy atom. The molecule has 0 saturated carbocycles. The van der Waals surface area contributed by atoms with Crippen LogP contribution in [0.4, 0.5) is 4.39 Å². The highest BCUT2D eigenvalue weighted by molar-refractivity contribution is 8.06. The zero-order chi connectivity index (χ0) is 15.5. The average Bonchev–Trinajstić information content (AvgIpc) is 2.46. The van der Waals surface area contributed by atoms with Gasteiger partial charge < -0.3 is 5.11 Å². The van der Waals surface area contributed by atoms with E-state index in [9.17, 15) is 17.6 Å². The molecule has 1 aliphatic heterocycles. The van der Waals surface area contributed by atoms with Crippen LogP contribution in [0.15, 0.2) is 23.1 Å². The Labute approximate surface area is 130 Å². The van der Waals surface area contributed by atoms with Crippen LogP contribution in [0.1, 0.15) is 10.4 Å². The predicted octanol–water partition coefficient (Wildman–Crippen LogP) is 1.65. The lowest BCUT2D eigenvalue weighted by atomic mass is 10.2. The van der Waals surface area contributed by atoms with E-state index in [2.05, 4.69) is 4.72 Å².